The third kappa shape index (κ3) is 60.1. The standard InChI is InChI=1S/C70H129N2O7P/c1-7-10-13-16-19-22-25-28-30-32-33-34-35-36-37-38-39-40-42-45-48-51-54-57-60-63-70(74)79-68(61-58-55-52-49-46-43-27-24-21-18-15-12-9-3)67(66-78-80(75,76)77-65-64-72(4,5)6)71-69(73)62-59-56-53-50-47-44-41-31-29-26-23-20-17-14-11-8-2/h11,14,19-20,22-23,28-31,58,61,67-68H,7-10,12-13,15-18,21,24-27,32-57,59-60,62-66H2,1-6H3,(H-,71,73,75,76)/b14-11+,22-19-,23-20+,30-28-,31-29+,61-58-. The first-order valence-corrected chi connectivity index (χ1v) is 35.2. The van der Waals surface area contributed by atoms with Gasteiger partial charge in [-0.05, 0) is 96.0 Å². The summed E-state index contributed by atoms with van der Waals surface area (Å²) in [6.07, 6.45) is 77.3. The number of amides is 1. The molecular weight excluding hydrogens is 1010 g/mol. The summed E-state index contributed by atoms with van der Waals surface area (Å²) in [5, 5.41) is 3.03. The van der Waals surface area contributed by atoms with Gasteiger partial charge in [0.05, 0.1) is 33.8 Å². The molecule has 3 atom stereocenters. The minimum absolute atomic E-state index is 0.0263. The quantitative estimate of drug-likeness (QED) is 0.0212. The molecule has 0 saturated heterocycles. The average molecular weight is 1140 g/mol. The molecule has 0 aliphatic heterocycles. The van der Waals surface area contributed by atoms with Crippen LogP contribution in [0.5, 0.6) is 0 Å². The normalized spacial score (nSPS) is 14.0. The van der Waals surface area contributed by atoms with Gasteiger partial charge in [0, 0.05) is 12.8 Å². The maximum atomic E-state index is 13.6. The number of quaternary nitrogens is 1. The molecule has 0 aromatic carbocycles. The van der Waals surface area contributed by atoms with E-state index in [4.69, 9.17) is 13.8 Å². The van der Waals surface area contributed by atoms with Gasteiger partial charge >= 0.3 is 5.97 Å². The van der Waals surface area contributed by atoms with Gasteiger partial charge in [-0.3, -0.25) is 14.2 Å². The Balaban J connectivity index is 5.12. The van der Waals surface area contributed by atoms with Gasteiger partial charge in [0.25, 0.3) is 7.82 Å². The van der Waals surface area contributed by atoms with Gasteiger partial charge in [-0.1, -0.05) is 274 Å². The van der Waals surface area contributed by atoms with E-state index in [9.17, 15) is 19.0 Å². The summed E-state index contributed by atoms with van der Waals surface area (Å²) >= 11 is 0. The van der Waals surface area contributed by atoms with Gasteiger partial charge < -0.3 is 28.5 Å². The number of phosphoric acid groups is 1. The second-order valence-corrected chi connectivity index (χ2v) is 25.4. The summed E-state index contributed by atoms with van der Waals surface area (Å²) in [7, 11) is 1.18. The highest BCUT2D eigenvalue weighted by atomic mass is 31.2. The summed E-state index contributed by atoms with van der Waals surface area (Å²) in [5.74, 6) is -0.548. The van der Waals surface area contributed by atoms with Crippen molar-refractivity contribution in [3.8, 4) is 0 Å². The Morgan fingerprint density at radius 2 is 0.800 bits per heavy atom. The number of hydrogen-bond donors (Lipinski definition) is 1. The monoisotopic (exact) mass is 1140 g/mol. The molecule has 0 aromatic rings. The summed E-state index contributed by atoms with van der Waals surface area (Å²) in [4.78, 5) is 40.1. The molecule has 80 heavy (non-hydrogen) atoms. The number of ether oxygens (including phenoxy) is 1. The molecule has 0 radical (unpaired) electrons. The third-order valence-electron chi connectivity index (χ3n) is 14.9. The molecule has 1 N–H and O–H groups in total. The van der Waals surface area contributed by atoms with Gasteiger partial charge in [0.1, 0.15) is 19.3 Å². The van der Waals surface area contributed by atoms with E-state index in [1.54, 1.807) is 0 Å². The van der Waals surface area contributed by atoms with Crippen LogP contribution in [0.1, 0.15) is 310 Å². The summed E-state index contributed by atoms with van der Waals surface area (Å²) in [6.45, 7) is 6.72. The Morgan fingerprint density at radius 3 is 1.23 bits per heavy atom. The van der Waals surface area contributed by atoms with Crippen LogP contribution in [0.25, 0.3) is 0 Å². The highest BCUT2D eigenvalue weighted by Crippen LogP contribution is 2.38. The minimum Gasteiger partial charge on any atom is -0.756 e. The fraction of sp³-hybridized carbons (Fsp3) is 0.800. The molecule has 0 fully saturated rings. The van der Waals surface area contributed by atoms with E-state index in [0.717, 1.165) is 109 Å². The maximum Gasteiger partial charge on any atom is 0.306 e. The highest BCUT2D eigenvalue weighted by Gasteiger charge is 2.27. The number of nitrogens with one attached hydrogen (secondary N) is 1. The molecule has 0 aromatic heterocycles. The Hall–Kier alpha value is -2.55. The number of rotatable bonds is 61. The van der Waals surface area contributed by atoms with Crippen LogP contribution in [0.4, 0.5) is 0 Å². The zero-order chi connectivity index (χ0) is 58.6. The molecule has 0 spiro atoms. The van der Waals surface area contributed by atoms with Crippen molar-refractivity contribution >= 4 is 19.7 Å². The number of nitrogens with zero attached hydrogens (tertiary/aromatic N) is 1. The van der Waals surface area contributed by atoms with Crippen molar-refractivity contribution in [2.75, 3.05) is 40.9 Å². The minimum atomic E-state index is -4.71. The molecule has 0 aliphatic rings. The lowest BCUT2D eigenvalue weighted by molar-refractivity contribution is -0.870. The Morgan fingerprint density at radius 1 is 0.450 bits per heavy atom. The van der Waals surface area contributed by atoms with Crippen LogP contribution in [0, 0.1) is 0 Å². The Labute approximate surface area is 495 Å². The molecule has 0 aliphatic carbocycles. The maximum absolute atomic E-state index is 13.6. The van der Waals surface area contributed by atoms with Crippen LogP contribution in [0.3, 0.4) is 0 Å². The molecule has 0 bridgehead atoms. The number of carbonyl (C=O) groups excluding carboxylic acids is 2. The molecule has 0 saturated carbocycles. The van der Waals surface area contributed by atoms with Crippen LogP contribution >= 0.6 is 7.82 Å². The molecule has 10 heteroatoms. The average Bonchev–Trinajstić information content (AvgIpc) is 3.42. The fourth-order valence-corrected chi connectivity index (χ4v) is 10.4. The van der Waals surface area contributed by atoms with Gasteiger partial charge in [-0.15, -0.1) is 0 Å². The first kappa shape index (κ1) is 77.5. The van der Waals surface area contributed by atoms with E-state index in [-0.39, 0.29) is 24.9 Å². The van der Waals surface area contributed by atoms with Crippen molar-refractivity contribution in [2.45, 2.75) is 322 Å². The molecular formula is C70H129N2O7P. The molecule has 0 rings (SSSR count). The van der Waals surface area contributed by atoms with Crippen molar-refractivity contribution in [2.24, 2.45) is 0 Å². The van der Waals surface area contributed by atoms with E-state index in [1.165, 1.54) is 167 Å². The van der Waals surface area contributed by atoms with Gasteiger partial charge in [0.15, 0.2) is 0 Å². The predicted molar refractivity (Wildman–Crippen MR) is 344 cm³/mol. The largest absolute Gasteiger partial charge is 0.756 e. The number of likely N-dealkylation sites (N-methyl/N-ethyl adjacent to an activating group) is 1. The van der Waals surface area contributed by atoms with Crippen LogP contribution in [-0.2, 0) is 27.9 Å². The number of hydrogen-bond acceptors (Lipinski definition) is 7. The van der Waals surface area contributed by atoms with Crippen molar-refractivity contribution in [3.05, 3.63) is 72.9 Å². The number of carbonyl (C=O) groups is 2. The first-order chi connectivity index (χ1) is 38.9. The van der Waals surface area contributed by atoms with Crippen LogP contribution in [-0.4, -0.2) is 69.4 Å². The van der Waals surface area contributed by atoms with Gasteiger partial charge in [0.2, 0.25) is 5.91 Å². The lowest BCUT2D eigenvalue weighted by Gasteiger charge is -2.30. The molecule has 466 valence electrons. The van der Waals surface area contributed by atoms with Crippen LogP contribution in [0.15, 0.2) is 72.9 Å². The summed E-state index contributed by atoms with van der Waals surface area (Å²) in [5.41, 5.74) is 0. The fourth-order valence-electron chi connectivity index (χ4n) is 9.69. The van der Waals surface area contributed by atoms with E-state index in [1.807, 2.05) is 33.3 Å². The Bertz CT molecular complexity index is 1600. The number of allylic oxidation sites excluding steroid dienone is 11. The topological polar surface area (TPSA) is 114 Å². The third-order valence-corrected chi connectivity index (χ3v) is 15.8. The lowest BCUT2D eigenvalue weighted by Crippen LogP contribution is -2.47. The zero-order valence-electron chi connectivity index (χ0n) is 53.3. The lowest BCUT2D eigenvalue weighted by atomic mass is 10.0. The summed E-state index contributed by atoms with van der Waals surface area (Å²) in [6, 6.07) is -0.897. The molecule has 9 nitrogen and oxygen atoms in total. The first-order valence-electron chi connectivity index (χ1n) is 33.7. The molecule has 1 amide bonds. The van der Waals surface area contributed by atoms with Crippen molar-refractivity contribution in [1.29, 1.82) is 0 Å². The van der Waals surface area contributed by atoms with Gasteiger partial charge in [-0.2, -0.15) is 0 Å². The van der Waals surface area contributed by atoms with Crippen LogP contribution in [0.2, 0.25) is 0 Å². The summed E-state index contributed by atoms with van der Waals surface area (Å²) < 4.78 is 30.4. The number of esters is 1. The van der Waals surface area contributed by atoms with Crippen LogP contribution < -0.4 is 10.2 Å². The highest BCUT2D eigenvalue weighted by molar-refractivity contribution is 7.45. The van der Waals surface area contributed by atoms with E-state index in [2.05, 4.69) is 86.8 Å². The smallest absolute Gasteiger partial charge is 0.306 e. The molecule has 3 unspecified atom stereocenters. The number of unbranched alkanes of at least 4 members (excludes halogenated alkanes) is 35. The zero-order valence-corrected chi connectivity index (χ0v) is 54.2. The van der Waals surface area contributed by atoms with Crippen molar-refractivity contribution in [3.63, 3.8) is 0 Å². The predicted octanol–water partition coefficient (Wildman–Crippen LogP) is 20.5. The number of phosphoric ester groups is 1. The van der Waals surface area contributed by atoms with Crippen molar-refractivity contribution < 1.29 is 37.3 Å². The van der Waals surface area contributed by atoms with E-state index < -0.39 is 26.6 Å². The molecule has 0 heterocycles. The van der Waals surface area contributed by atoms with E-state index in [0.29, 0.717) is 17.4 Å². The SMILES string of the molecule is CC/C=C/C/C=C/C/C=C/CCCCCCCCC(=O)NC(COP(=O)([O-])OCC[N+](C)(C)C)C(/C=C\CCCCCCCCCCCCC)OC(=O)CCCCCCCCCCCCCCCCC/C=C\C/C=C\CCCCC. The second kappa shape index (κ2) is 59.6. The Kier molecular flexibility index (Phi) is 57.7. The van der Waals surface area contributed by atoms with Crippen molar-refractivity contribution in [1.82, 2.24) is 5.32 Å². The van der Waals surface area contributed by atoms with E-state index >= 15 is 0 Å². The second-order valence-electron chi connectivity index (χ2n) is 23.9. The van der Waals surface area contributed by atoms with Gasteiger partial charge in [-0.25, -0.2) is 0 Å².